The lowest BCUT2D eigenvalue weighted by atomic mass is 9.91. The maximum absolute atomic E-state index is 11.6. The van der Waals surface area contributed by atoms with Gasteiger partial charge >= 0.3 is 0 Å². The minimum absolute atomic E-state index is 0.211. The van der Waals surface area contributed by atoms with Crippen molar-refractivity contribution in [3.63, 3.8) is 0 Å². The van der Waals surface area contributed by atoms with Gasteiger partial charge in [0.1, 0.15) is 0 Å². The molecule has 1 fully saturated rings. The molecule has 1 aliphatic carbocycles. The number of Topliss-reactive ketones (excluding diaryl/α,β-unsaturated/α-hetero) is 1. The summed E-state index contributed by atoms with van der Waals surface area (Å²) in [7, 11) is 0. The molecule has 1 rings (SSSR count). The average molecular weight is 168 g/mol. The van der Waals surface area contributed by atoms with Crippen LogP contribution < -0.4 is 5.73 Å². The van der Waals surface area contributed by atoms with Crippen molar-refractivity contribution in [2.24, 2.45) is 11.7 Å². The fourth-order valence-electron chi connectivity index (χ4n) is 1.59. The highest BCUT2D eigenvalue weighted by Gasteiger charge is 2.28. The Hall–Kier alpha value is -0.370. The monoisotopic (exact) mass is 168 g/mol. The third-order valence-corrected chi connectivity index (χ3v) is 2.58. The van der Waals surface area contributed by atoms with Crippen LogP contribution in [0.25, 0.3) is 0 Å². The molecule has 69 valence electrons. The molecule has 1 saturated carbocycles. The summed E-state index contributed by atoms with van der Waals surface area (Å²) < 4.78 is 0. The van der Waals surface area contributed by atoms with Crippen molar-refractivity contribution in [3.8, 4) is 0 Å². The summed E-state index contributed by atoms with van der Waals surface area (Å²) in [5, 5.41) is 0. The third-order valence-electron chi connectivity index (χ3n) is 2.58. The maximum atomic E-state index is 11.6. The summed E-state index contributed by atoms with van der Waals surface area (Å²) in [6.07, 6.45) is 4.32. The van der Waals surface area contributed by atoms with Crippen LogP contribution in [0.2, 0.25) is 0 Å². The van der Waals surface area contributed by atoms with Gasteiger partial charge in [-0.3, -0.25) is 4.79 Å². The molecule has 0 heterocycles. The normalized spacial score (nSPS) is 21.7. The SMILES string of the molecule is CC(C)[C@H](N)C(=O)[C]1CCCC1. The number of hydrogen-bond donors (Lipinski definition) is 1. The Labute approximate surface area is 74.5 Å². The first kappa shape index (κ1) is 9.72. The van der Waals surface area contributed by atoms with E-state index < -0.39 is 0 Å². The van der Waals surface area contributed by atoms with Gasteiger partial charge in [0, 0.05) is 5.92 Å². The van der Waals surface area contributed by atoms with Crippen molar-refractivity contribution in [2.75, 3.05) is 0 Å². The van der Waals surface area contributed by atoms with E-state index in [0.717, 1.165) is 18.8 Å². The molecule has 2 N–H and O–H groups in total. The minimum Gasteiger partial charge on any atom is -0.321 e. The van der Waals surface area contributed by atoms with Crippen LogP contribution >= 0.6 is 0 Å². The Bertz CT molecular complexity index is 155. The van der Waals surface area contributed by atoms with Crippen LogP contribution in [0, 0.1) is 11.8 Å². The van der Waals surface area contributed by atoms with Crippen LogP contribution in [0.15, 0.2) is 0 Å². The molecular weight excluding hydrogens is 150 g/mol. The van der Waals surface area contributed by atoms with Gasteiger partial charge in [-0.1, -0.05) is 26.7 Å². The van der Waals surface area contributed by atoms with Crippen molar-refractivity contribution in [3.05, 3.63) is 5.92 Å². The van der Waals surface area contributed by atoms with Crippen LogP contribution in [-0.2, 0) is 4.79 Å². The van der Waals surface area contributed by atoms with E-state index in [2.05, 4.69) is 0 Å². The van der Waals surface area contributed by atoms with Gasteiger partial charge in [-0.2, -0.15) is 0 Å². The van der Waals surface area contributed by atoms with Gasteiger partial charge in [0.15, 0.2) is 5.78 Å². The van der Waals surface area contributed by atoms with Crippen LogP contribution in [0.4, 0.5) is 0 Å². The summed E-state index contributed by atoms with van der Waals surface area (Å²) in [5.74, 6) is 1.56. The van der Waals surface area contributed by atoms with Gasteiger partial charge in [0.2, 0.25) is 0 Å². The molecule has 2 heteroatoms. The molecular formula is C10H18NO. The summed E-state index contributed by atoms with van der Waals surface area (Å²) >= 11 is 0. The zero-order chi connectivity index (χ0) is 9.14. The van der Waals surface area contributed by atoms with Gasteiger partial charge < -0.3 is 5.73 Å². The van der Waals surface area contributed by atoms with Gasteiger partial charge in [0.05, 0.1) is 6.04 Å². The second-order valence-electron chi connectivity index (χ2n) is 3.94. The molecule has 2 nitrogen and oxygen atoms in total. The minimum atomic E-state index is -0.266. The first-order chi connectivity index (χ1) is 5.63. The molecule has 0 saturated heterocycles. The molecule has 1 aliphatic rings. The zero-order valence-electron chi connectivity index (χ0n) is 7.97. The van der Waals surface area contributed by atoms with E-state index in [9.17, 15) is 4.79 Å². The smallest absolute Gasteiger partial charge is 0.156 e. The first-order valence-corrected chi connectivity index (χ1v) is 4.77. The van der Waals surface area contributed by atoms with Gasteiger partial charge in [0.25, 0.3) is 0 Å². The molecule has 0 aromatic rings. The number of hydrogen-bond acceptors (Lipinski definition) is 2. The van der Waals surface area contributed by atoms with Crippen molar-refractivity contribution in [2.45, 2.75) is 45.6 Å². The molecule has 0 unspecified atom stereocenters. The molecule has 1 atom stereocenters. The molecule has 12 heavy (non-hydrogen) atoms. The van der Waals surface area contributed by atoms with E-state index in [-0.39, 0.29) is 17.7 Å². The van der Waals surface area contributed by atoms with Crippen LogP contribution in [-0.4, -0.2) is 11.8 Å². The van der Waals surface area contributed by atoms with Crippen molar-refractivity contribution in [1.29, 1.82) is 0 Å². The lowest BCUT2D eigenvalue weighted by Gasteiger charge is -2.17. The topological polar surface area (TPSA) is 43.1 Å². The van der Waals surface area contributed by atoms with Crippen LogP contribution in [0.5, 0.6) is 0 Å². The van der Waals surface area contributed by atoms with E-state index in [1.54, 1.807) is 0 Å². The number of rotatable bonds is 3. The average Bonchev–Trinajstić information content (AvgIpc) is 2.53. The van der Waals surface area contributed by atoms with Crippen LogP contribution in [0.1, 0.15) is 39.5 Å². The Balaban J connectivity index is 2.45. The maximum Gasteiger partial charge on any atom is 0.156 e. The summed E-state index contributed by atoms with van der Waals surface area (Å²) in [6.45, 7) is 4.00. The third kappa shape index (κ3) is 2.07. The lowest BCUT2D eigenvalue weighted by Crippen LogP contribution is -2.38. The molecule has 0 aromatic carbocycles. The van der Waals surface area contributed by atoms with E-state index in [1.165, 1.54) is 12.8 Å². The Kier molecular flexibility index (Phi) is 3.27. The Morgan fingerprint density at radius 3 is 2.25 bits per heavy atom. The zero-order valence-corrected chi connectivity index (χ0v) is 7.97. The number of nitrogens with two attached hydrogens (primary N) is 1. The summed E-state index contributed by atoms with van der Waals surface area (Å²) in [6, 6.07) is -0.266. The predicted molar refractivity (Wildman–Crippen MR) is 49.5 cm³/mol. The fourth-order valence-corrected chi connectivity index (χ4v) is 1.59. The molecule has 0 aliphatic heterocycles. The number of carbonyl (C=O) groups excluding carboxylic acids is 1. The second kappa shape index (κ2) is 4.04. The van der Waals surface area contributed by atoms with E-state index >= 15 is 0 Å². The highest BCUT2D eigenvalue weighted by atomic mass is 16.1. The Morgan fingerprint density at radius 2 is 1.83 bits per heavy atom. The van der Waals surface area contributed by atoms with Crippen molar-refractivity contribution in [1.82, 2.24) is 0 Å². The number of carbonyl (C=O) groups is 1. The molecule has 1 radical (unpaired) electrons. The fraction of sp³-hybridized carbons (Fsp3) is 0.800. The van der Waals surface area contributed by atoms with E-state index in [0.29, 0.717) is 0 Å². The van der Waals surface area contributed by atoms with Gasteiger partial charge in [-0.25, -0.2) is 0 Å². The highest BCUT2D eigenvalue weighted by molar-refractivity contribution is 5.96. The molecule has 0 aromatic heterocycles. The lowest BCUT2D eigenvalue weighted by molar-refractivity contribution is -0.119. The standard InChI is InChI=1S/C10H18NO/c1-7(2)9(11)10(12)8-5-3-4-6-8/h7,9H,3-6,11H2,1-2H3/t9-/m0/s1. The Morgan fingerprint density at radius 1 is 1.33 bits per heavy atom. The molecule has 0 spiro atoms. The largest absolute Gasteiger partial charge is 0.321 e. The highest BCUT2D eigenvalue weighted by Crippen LogP contribution is 2.29. The second-order valence-corrected chi connectivity index (χ2v) is 3.94. The predicted octanol–water partition coefficient (Wildman–Crippen LogP) is 1.69. The summed E-state index contributed by atoms with van der Waals surface area (Å²) in [4.78, 5) is 11.6. The van der Waals surface area contributed by atoms with E-state index in [1.807, 2.05) is 13.8 Å². The molecule has 0 amide bonds. The van der Waals surface area contributed by atoms with Crippen molar-refractivity contribution >= 4 is 5.78 Å². The number of ketones is 1. The summed E-state index contributed by atoms with van der Waals surface area (Å²) in [5.41, 5.74) is 5.77. The quantitative estimate of drug-likeness (QED) is 0.696. The first-order valence-electron chi connectivity index (χ1n) is 4.77. The van der Waals surface area contributed by atoms with Gasteiger partial charge in [-0.05, 0) is 18.8 Å². The van der Waals surface area contributed by atoms with Crippen molar-refractivity contribution < 1.29 is 4.79 Å². The van der Waals surface area contributed by atoms with E-state index in [4.69, 9.17) is 5.73 Å². The van der Waals surface area contributed by atoms with Gasteiger partial charge in [-0.15, -0.1) is 0 Å². The van der Waals surface area contributed by atoms with Crippen LogP contribution in [0.3, 0.4) is 0 Å². The molecule has 0 bridgehead atoms.